The zero-order valence-corrected chi connectivity index (χ0v) is 11.7. The molecular formula is C16H22N2. The molecule has 0 aliphatic carbocycles. The van der Waals surface area contributed by atoms with Crippen LogP contribution in [0, 0.1) is 30.6 Å². The number of aryl methyl sites for hydroxylation is 2. The van der Waals surface area contributed by atoms with E-state index in [1.165, 1.54) is 16.7 Å². The van der Waals surface area contributed by atoms with Gasteiger partial charge in [0.1, 0.15) is 0 Å². The largest absolute Gasteiger partial charge is 0.299 e. The van der Waals surface area contributed by atoms with Crippen molar-refractivity contribution in [3.8, 4) is 6.07 Å². The molecule has 0 bridgehead atoms. The molecule has 1 fully saturated rings. The molecule has 1 aliphatic heterocycles. The Labute approximate surface area is 110 Å². The lowest BCUT2D eigenvalue weighted by molar-refractivity contribution is 0.150. The fraction of sp³-hybridized carbons (Fsp3) is 0.562. The zero-order chi connectivity index (χ0) is 13.2. The summed E-state index contributed by atoms with van der Waals surface area (Å²) < 4.78 is 0. The molecule has 1 saturated heterocycles. The van der Waals surface area contributed by atoms with E-state index in [4.69, 9.17) is 5.26 Å². The highest BCUT2D eigenvalue weighted by molar-refractivity contribution is 5.29. The summed E-state index contributed by atoms with van der Waals surface area (Å²) in [6, 6.07) is 9.16. The van der Waals surface area contributed by atoms with Gasteiger partial charge in [0.15, 0.2) is 0 Å². The number of nitriles is 1. The summed E-state index contributed by atoms with van der Waals surface area (Å²) in [7, 11) is 0. The minimum Gasteiger partial charge on any atom is -0.299 e. The third kappa shape index (κ3) is 2.91. The van der Waals surface area contributed by atoms with Crippen LogP contribution in [0.2, 0.25) is 0 Å². The highest BCUT2D eigenvalue weighted by Gasteiger charge is 2.29. The molecule has 0 amide bonds. The van der Waals surface area contributed by atoms with E-state index in [-0.39, 0.29) is 5.41 Å². The number of piperidine rings is 1. The van der Waals surface area contributed by atoms with Gasteiger partial charge in [-0.3, -0.25) is 4.90 Å². The number of hydrogen-bond acceptors (Lipinski definition) is 2. The minimum atomic E-state index is -0.0975. The van der Waals surface area contributed by atoms with E-state index in [0.29, 0.717) is 0 Å². The topological polar surface area (TPSA) is 27.0 Å². The maximum Gasteiger partial charge on any atom is 0.0687 e. The van der Waals surface area contributed by atoms with Gasteiger partial charge in [-0.25, -0.2) is 0 Å². The molecule has 1 heterocycles. The molecule has 1 aliphatic rings. The van der Waals surface area contributed by atoms with Crippen LogP contribution in [0.25, 0.3) is 0 Å². The molecule has 1 aromatic carbocycles. The van der Waals surface area contributed by atoms with E-state index < -0.39 is 0 Å². The van der Waals surface area contributed by atoms with Crippen molar-refractivity contribution in [1.29, 1.82) is 5.26 Å². The van der Waals surface area contributed by atoms with Crippen LogP contribution in [0.1, 0.15) is 36.5 Å². The van der Waals surface area contributed by atoms with Crippen molar-refractivity contribution >= 4 is 0 Å². The summed E-state index contributed by atoms with van der Waals surface area (Å²) in [6.07, 6.45) is 1.99. The second kappa shape index (κ2) is 5.12. The molecule has 2 heteroatoms. The smallest absolute Gasteiger partial charge is 0.0687 e. The fourth-order valence-electron chi connectivity index (χ4n) is 2.48. The second-order valence-electron chi connectivity index (χ2n) is 5.87. The molecule has 0 spiro atoms. The van der Waals surface area contributed by atoms with E-state index in [1.807, 2.05) is 0 Å². The summed E-state index contributed by atoms with van der Waals surface area (Å²) in [5.41, 5.74) is 4.01. The predicted octanol–water partition coefficient (Wildman–Crippen LogP) is 3.43. The Morgan fingerprint density at radius 3 is 2.44 bits per heavy atom. The first kappa shape index (κ1) is 13.1. The molecule has 96 valence electrons. The Kier molecular flexibility index (Phi) is 3.73. The zero-order valence-electron chi connectivity index (χ0n) is 11.7. The maximum atomic E-state index is 9.12. The van der Waals surface area contributed by atoms with Gasteiger partial charge < -0.3 is 0 Å². The van der Waals surface area contributed by atoms with E-state index >= 15 is 0 Å². The molecule has 0 radical (unpaired) electrons. The van der Waals surface area contributed by atoms with E-state index in [9.17, 15) is 0 Å². The van der Waals surface area contributed by atoms with E-state index in [2.05, 4.69) is 49.9 Å². The summed E-state index contributed by atoms with van der Waals surface area (Å²) in [6.45, 7) is 9.50. The molecule has 0 unspecified atom stereocenters. The van der Waals surface area contributed by atoms with Crippen LogP contribution in [-0.4, -0.2) is 18.0 Å². The lowest BCUT2D eigenvalue weighted by Gasteiger charge is -2.35. The van der Waals surface area contributed by atoms with Gasteiger partial charge >= 0.3 is 0 Å². The molecular weight excluding hydrogens is 220 g/mol. The highest BCUT2D eigenvalue weighted by Crippen LogP contribution is 2.30. The Balaban J connectivity index is 1.96. The first-order valence-electron chi connectivity index (χ1n) is 6.72. The molecule has 18 heavy (non-hydrogen) atoms. The molecule has 2 rings (SSSR count). The summed E-state index contributed by atoms with van der Waals surface area (Å²) in [5, 5.41) is 9.12. The highest BCUT2D eigenvalue weighted by atomic mass is 15.1. The van der Waals surface area contributed by atoms with Crippen molar-refractivity contribution < 1.29 is 0 Å². The fourth-order valence-corrected chi connectivity index (χ4v) is 2.48. The normalized spacial score (nSPS) is 19.4. The van der Waals surface area contributed by atoms with Crippen LogP contribution in [0.15, 0.2) is 18.2 Å². The third-order valence-corrected chi connectivity index (χ3v) is 4.21. The first-order valence-corrected chi connectivity index (χ1v) is 6.72. The van der Waals surface area contributed by atoms with Crippen molar-refractivity contribution in [2.24, 2.45) is 5.41 Å². The van der Waals surface area contributed by atoms with Gasteiger partial charge in [-0.15, -0.1) is 0 Å². The molecule has 0 saturated carbocycles. The van der Waals surface area contributed by atoms with Crippen LogP contribution in [0.5, 0.6) is 0 Å². The van der Waals surface area contributed by atoms with Crippen LogP contribution >= 0.6 is 0 Å². The number of benzene rings is 1. The van der Waals surface area contributed by atoms with Crippen LogP contribution in [0.4, 0.5) is 0 Å². The minimum absolute atomic E-state index is 0.0975. The Bertz CT molecular complexity index is 462. The summed E-state index contributed by atoms with van der Waals surface area (Å²) >= 11 is 0. The van der Waals surface area contributed by atoms with Gasteiger partial charge in [0.2, 0.25) is 0 Å². The number of likely N-dealkylation sites (tertiary alicyclic amines) is 1. The maximum absolute atomic E-state index is 9.12. The Morgan fingerprint density at radius 2 is 1.89 bits per heavy atom. The van der Waals surface area contributed by atoms with Crippen molar-refractivity contribution in [2.45, 2.75) is 40.2 Å². The van der Waals surface area contributed by atoms with Crippen LogP contribution in [0.3, 0.4) is 0 Å². The molecule has 0 aromatic heterocycles. The van der Waals surface area contributed by atoms with Gasteiger partial charge in [-0.05, 0) is 63.4 Å². The lowest BCUT2D eigenvalue weighted by atomic mass is 9.82. The average Bonchev–Trinajstić information content (AvgIpc) is 2.37. The molecule has 0 N–H and O–H groups in total. The van der Waals surface area contributed by atoms with Gasteiger partial charge in [0, 0.05) is 6.54 Å². The number of rotatable bonds is 2. The molecule has 0 atom stereocenters. The van der Waals surface area contributed by atoms with Crippen LogP contribution < -0.4 is 0 Å². The monoisotopic (exact) mass is 242 g/mol. The Hall–Kier alpha value is -1.33. The Morgan fingerprint density at radius 1 is 1.22 bits per heavy atom. The first-order chi connectivity index (χ1) is 8.52. The predicted molar refractivity (Wildman–Crippen MR) is 74.1 cm³/mol. The quantitative estimate of drug-likeness (QED) is 0.794. The van der Waals surface area contributed by atoms with Crippen molar-refractivity contribution in [2.75, 3.05) is 13.1 Å². The van der Waals surface area contributed by atoms with Gasteiger partial charge in [0.25, 0.3) is 0 Å². The van der Waals surface area contributed by atoms with E-state index in [0.717, 1.165) is 32.5 Å². The second-order valence-corrected chi connectivity index (χ2v) is 5.87. The van der Waals surface area contributed by atoms with Gasteiger partial charge in [-0.2, -0.15) is 5.26 Å². The molecule has 2 nitrogen and oxygen atoms in total. The average molecular weight is 242 g/mol. The van der Waals surface area contributed by atoms with Crippen molar-refractivity contribution in [3.05, 3.63) is 34.9 Å². The van der Waals surface area contributed by atoms with Crippen LogP contribution in [-0.2, 0) is 6.54 Å². The molecule has 1 aromatic rings. The number of nitrogens with zero attached hydrogens (tertiary/aromatic N) is 2. The third-order valence-electron chi connectivity index (χ3n) is 4.21. The summed E-state index contributed by atoms with van der Waals surface area (Å²) in [4.78, 5) is 2.46. The van der Waals surface area contributed by atoms with Gasteiger partial charge in [0.05, 0.1) is 11.5 Å². The van der Waals surface area contributed by atoms with Crippen molar-refractivity contribution in [1.82, 2.24) is 4.90 Å². The van der Waals surface area contributed by atoms with E-state index in [1.54, 1.807) is 0 Å². The standard InChI is InChI=1S/C16H22N2/c1-13-4-5-15(10-14(13)2)11-18-8-6-16(3,12-17)7-9-18/h4-5,10H,6-9,11H2,1-3H3. The number of hydrogen-bond donors (Lipinski definition) is 0. The van der Waals surface area contributed by atoms with Gasteiger partial charge in [-0.1, -0.05) is 18.2 Å². The lowest BCUT2D eigenvalue weighted by Crippen LogP contribution is -2.37. The van der Waals surface area contributed by atoms with Crippen molar-refractivity contribution in [3.63, 3.8) is 0 Å². The SMILES string of the molecule is Cc1ccc(CN2CCC(C)(C#N)CC2)cc1C. The summed E-state index contributed by atoms with van der Waals surface area (Å²) in [5.74, 6) is 0.